The third-order valence-corrected chi connectivity index (χ3v) is 2.32. The molecule has 2 heterocycles. The van der Waals surface area contributed by atoms with Gasteiger partial charge in [0.1, 0.15) is 4.60 Å². The maximum Gasteiger partial charge on any atom is 0.158 e. The van der Waals surface area contributed by atoms with E-state index in [0.29, 0.717) is 0 Å². The van der Waals surface area contributed by atoms with Gasteiger partial charge in [-0.2, -0.15) is 0 Å². The van der Waals surface area contributed by atoms with Gasteiger partial charge in [-0.3, -0.25) is 0 Å². The van der Waals surface area contributed by atoms with E-state index in [1.54, 1.807) is 0 Å². The summed E-state index contributed by atoms with van der Waals surface area (Å²) in [5, 5.41) is 0. The monoisotopic (exact) mass is 239 g/mol. The highest BCUT2D eigenvalue weighted by Gasteiger charge is 2.05. The van der Waals surface area contributed by atoms with Crippen molar-refractivity contribution in [1.29, 1.82) is 0 Å². The fourth-order valence-electron chi connectivity index (χ4n) is 1.39. The van der Waals surface area contributed by atoms with E-state index in [9.17, 15) is 0 Å². The van der Waals surface area contributed by atoms with E-state index < -0.39 is 0 Å². The number of aromatic nitrogens is 3. The molecular weight excluding hydrogens is 230 g/mol. The van der Waals surface area contributed by atoms with Gasteiger partial charge in [0.2, 0.25) is 0 Å². The molecule has 0 aliphatic rings. The molecule has 4 heteroatoms. The number of fused-ring (bicyclic) bond motifs is 1. The predicted molar refractivity (Wildman–Crippen MR) is 54.8 cm³/mol. The van der Waals surface area contributed by atoms with Crippen molar-refractivity contribution in [3.05, 3.63) is 28.4 Å². The topological polar surface area (TPSA) is 30.2 Å². The van der Waals surface area contributed by atoms with E-state index in [0.717, 1.165) is 28.1 Å². The number of rotatable bonds is 1. The summed E-state index contributed by atoms with van der Waals surface area (Å²) in [5.74, 6) is 0. The molecule has 0 radical (unpaired) electrons. The van der Waals surface area contributed by atoms with Crippen molar-refractivity contribution in [3.63, 3.8) is 0 Å². The van der Waals surface area contributed by atoms with Crippen LogP contribution in [-0.2, 0) is 6.42 Å². The molecule has 0 aromatic carbocycles. The zero-order valence-corrected chi connectivity index (χ0v) is 9.17. The molecular formula is C9H10BrN3. The summed E-state index contributed by atoms with van der Waals surface area (Å²) in [7, 11) is 0. The highest BCUT2D eigenvalue weighted by Crippen LogP contribution is 2.14. The SMILES string of the molecule is CCc1nc(Br)cn2cc(C)nc12. The molecule has 68 valence electrons. The Labute approximate surface area is 85.0 Å². The summed E-state index contributed by atoms with van der Waals surface area (Å²) >= 11 is 3.37. The third kappa shape index (κ3) is 1.46. The van der Waals surface area contributed by atoms with Gasteiger partial charge < -0.3 is 4.40 Å². The Morgan fingerprint density at radius 1 is 1.38 bits per heavy atom. The molecule has 0 N–H and O–H groups in total. The van der Waals surface area contributed by atoms with Gasteiger partial charge in [-0.05, 0) is 29.3 Å². The molecule has 3 nitrogen and oxygen atoms in total. The molecule has 13 heavy (non-hydrogen) atoms. The average molecular weight is 240 g/mol. The summed E-state index contributed by atoms with van der Waals surface area (Å²) in [6.45, 7) is 4.07. The van der Waals surface area contributed by atoms with Crippen molar-refractivity contribution in [3.8, 4) is 0 Å². The lowest BCUT2D eigenvalue weighted by molar-refractivity contribution is 0.977. The summed E-state index contributed by atoms with van der Waals surface area (Å²) < 4.78 is 2.86. The molecule has 0 aliphatic heterocycles. The van der Waals surface area contributed by atoms with Gasteiger partial charge in [-0.15, -0.1) is 0 Å². The lowest BCUT2D eigenvalue weighted by atomic mass is 10.3. The first kappa shape index (κ1) is 8.69. The molecule has 0 saturated heterocycles. The zero-order valence-electron chi connectivity index (χ0n) is 7.58. The van der Waals surface area contributed by atoms with Crippen molar-refractivity contribution in [2.45, 2.75) is 20.3 Å². The van der Waals surface area contributed by atoms with Crippen LogP contribution in [-0.4, -0.2) is 14.4 Å². The van der Waals surface area contributed by atoms with E-state index in [1.165, 1.54) is 0 Å². The molecule has 0 saturated carbocycles. The van der Waals surface area contributed by atoms with Gasteiger partial charge in [0.05, 0.1) is 11.4 Å². The molecule has 0 amide bonds. The molecule has 2 aromatic heterocycles. The van der Waals surface area contributed by atoms with E-state index in [1.807, 2.05) is 23.7 Å². The normalized spacial score (nSPS) is 11.0. The quantitative estimate of drug-likeness (QED) is 0.765. The predicted octanol–water partition coefficient (Wildman–Crippen LogP) is 2.36. The van der Waals surface area contributed by atoms with E-state index >= 15 is 0 Å². The van der Waals surface area contributed by atoms with Crippen LogP contribution >= 0.6 is 15.9 Å². The maximum absolute atomic E-state index is 4.40. The molecule has 0 atom stereocenters. The Balaban J connectivity index is 2.80. The number of hydrogen-bond donors (Lipinski definition) is 0. The Hall–Kier alpha value is -0.900. The van der Waals surface area contributed by atoms with Crippen molar-refractivity contribution >= 4 is 21.6 Å². The molecule has 0 spiro atoms. The van der Waals surface area contributed by atoms with Crippen LogP contribution in [0.15, 0.2) is 17.0 Å². The van der Waals surface area contributed by atoms with Crippen molar-refractivity contribution in [2.75, 3.05) is 0 Å². The Morgan fingerprint density at radius 2 is 2.15 bits per heavy atom. The first-order valence-corrected chi connectivity index (χ1v) is 5.00. The number of hydrogen-bond acceptors (Lipinski definition) is 2. The minimum Gasteiger partial charge on any atom is -0.303 e. The second kappa shape index (κ2) is 3.10. The number of nitrogens with zero attached hydrogens (tertiary/aromatic N) is 3. The summed E-state index contributed by atoms with van der Waals surface area (Å²) in [6.07, 6.45) is 4.83. The molecule has 0 bridgehead atoms. The molecule has 2 rings (SSSR count). The summed E-state index contributed by atoms with van der Waals surface area (Å²) in [5.41, 5.74) is 3.01. The van der Waals surface area contributed by atoms with Crippen LogP contribution in [0.3, 0.4) is 0 Å². The van der Waals surface area contributed by atoms with Gasteiger partial charge in [0, 0.05) is 12.4 Å². The van der Waals surface area contributed by atoms with Gasteiger partial charge >= 0.3 is 0 Å². The van der Waals surface area contributed by atoms with Crippen LogP contribution in [0.1, 0.15) is 18.3 Å². The number of imidazole rings is 1. The smallest absolute Gasteiger partial charge is 0.158 e. The highest BCUT2D eigenvalue weighted by atomic mass is 79.9. The standard InChI is InChI=1S/C9H10BrN3/c1-3-7-9-11-6(2)4-13(9)5-8(10)12-7/h4-5H,3H2,1-2H3. The van der Waals surface area contributed by atoms with Crippen LogP contribution in [0, 0.1) is 6.92 Å². The zero-order chi connectivity index (χ0) is 9.42. The van der Waals surface area contributed by atoms with Gasteiger partial charge in [-0.1, -0.05) is 6.92 Å². The van der Waals surface area contributed by atoms with Gasteiger partial charge in [-0.25, -0.2) is 9.97 Å². The third-order valence-electron chi connectivity index (χ3n) is 1.93. The summed E-state index contributed by atoms with van der Waals surface area (Å²) in [6, 6.07) is 0. The van der Waals surface area contributed by atoms with E-state index in [2.05, 4.69) is 32.8 Å². The van der Waals surface area contributed by atoms with Crippen molar-refractivity contribution in [2.24, 2.45) is 0 Å². The second-order valence-electron chi connectivity index (χ2n) is 2.98. The van der Waals surface area contributed by atoms with Crippen LogP contribution in [0.4, 0.5) is 0 Å². The second-order valence-corrected chi connectivity index (χ2v) is 3.79. The Bertz CT molecular complexity index is 447. The lowest BCUT2D eigenvalue weighted by Crippen LogP contribution is -1.95. The Kier molecular flexibility index (Phi) is 2.07. The highest BCUT2D eigenvalue weighted by molar-refractivity contribution is 9.10. The van der Waals surface area contributed by atoms with Gasteiger partial charge in [0.25, 0.3) is 0 Å². The van der Waals surface area contributed by atoms with Crippen molar-refractivity contribution < 1.29 is 0 Å². The molecule has 0 unspecified atom stereocenters. The fraction of sp³-hybridized carbons (Fsp3) is 0.333. The van der Waals surface area contributed by atoms with Crippen LogP contribution in [0.5, 0.6) is 0 Å². The first-order valence-electron chi connectivity index (χ1n) is 4.21. The molecule has 0 fully saturated rings. The first-order chi connectivity index (χ1) is 6.20. The molecule has 2 aromatic rings. The van der Waals surface area contributed by atoms with E-state index in [4.69, 9.17) is 0 Å². The lowest BCUT2D eigenvalue weighted by Gasteiger charge is -1.99. The largest absolute Gasteiger partial charge is 0.303 e. The Morgan fingerprint density at radius 3 is 2.85 bits per heavy atom. The van der Waals surface area contributed by atoms with Gasteiger partial charge in [0.15, 0.2) is 5.65 Å². The minimum atomic E-state index is 0.856. The maximum atomic E-state index is 4.40. The van der Waals surface area contributed by atoms with Crippen LogP contribution < -0.4 is 0 Å². The number of halogens is 1. The molecule has 0 aliphatic carbocycles. The van der Waals surface area contributed by atoms with Crippen molar-refractivity contribution in [1.82, 2.24) is 14.4 Å². The van der Waals surface area contributed by atoms with E-state index in [-0.39, 0.29) is 0 Å². The summed E-state index contributed by atoms with van der Waals surface area (Å²) in [4.78, 5) is 8.77. The fourth-order valence-corrected chi connectivity index (χ4v) is 1.82. The average Bonchev–Trinajstić information content (AvgIpc) is 2.43. The van der Waals surface area contributed by atoms with Crippen LogP contribution in [0.25, 0.3) is 5.65 Å². The number of aryl methyl sites for hydroxylation is 2. The minimum absolute atomic E-state index is 0.856. The van der Waals surface area contributed by atoms with Crippen LogP contribution in [0.2, 0.25) is 0 Å².